The summed E-state index contributed by atoms with van der Waals surface area (Å²) in [5.74, 6) is 0.854. The zero-order chi connectivity index (χ0) is 18.7. The Balaban J connectivity index is 1.73. The van der Waals surface area contributed by atoms with Crippen molar-refractivity contribution < 1.29 is 13.9 Å². The maximum Gasteiger partial charge on any atom is 0.330 e. The SMILES string of the molecule is COc1cccc2c1CCC2=NOP(=O)(c1ccccc1)c1ccccc1. The fourth-order valence-corrected chi connectivity index (χ4v) is 5.19. The van der Waals surface area contributed by atoms with E-state index in [1.165, 1.54) is 0 Å². The molecule has 5 heteroatoms. The maximum absolute atomic E-state index is 13.9. The summed E-state index contributed by atoms with van der Waals surface area (Å²) in [5.41, 5.74) is 2.93. The third-order valence-electron chi connectivity index (χ3n) is 4.73. The molecule has 4 nitrogen and oxygen atoms in total. The highest BCUT2D eigenvalue weighted by molar-refractivity contribution is 7.74. The summed E-state index contributed by atoms with van der Waals surface area (Å²) in [6.07, 6.45) is 1.57. The van der Waals surface area contributed by atoms with Crippen LogP contribution in [0.3, 0.4) is 0 Å². The van der Waals surface area contributed by atoms with Crippen molar-refractivity contribution in [3.05, 3.63) is 90.0 Å². The van der Waals surface area contributed by atoms with Crippen molar-refractivity contribution in [2.75, 3.05) is 7.11 Å². The van der Waals surface area contributed by atoms with Crippen molar-refractivity contribution in [1.29, 1.82) is 0 Å². The summed E-state index contributed by atoms with van der Waals surface area (Å²) < 4.78 is 25.1. The van der Waals surface area contributed by atoms with Gasteiger partial charge in [-0.25, -0.2) is 0 Å². The van der Waals surface area contributed by atoms with Crippen molar-refractivity contribution in [1.82, 2.24) is 0 Å². The van der Waals surface area contributed by atoms with E-state index in [1.807, 2.05) is 78.9 Å². The Morgan fingerprint density at radius 1 is 0.815 bits per heavy atom. The minimum Gasteiger partial charge on any atom is -0.496 e. The van der Waals surface area contributed by atoms with Gasteiger partial charge in [0.15, 0.2) is 0 Å². The van der Waals surface area contributed by atoms with E-state index in [-0.39, 0.29) is 0 Å². The first-order valence-corrected chi connectivity index (χ1v) is 10.5. The van der Waals surface area contributed by atoms with Crippen LogP contribution < -0.4 is 15.3 Å². The van der Waals surface area contributed by atoms with Crippen LogP contribution in [0.5, 0.6) is 5.75 Å². The smallest absolute Gasteiger partial charge is 0.330 e. The first-order chi connectivity index (χ1) is 13.2. The van der Waals surface area contributed by atoms with Crippen LogP contribution in [0.1, 0.15) is 17.5 Å². The monoisotopic (exact) mass is 377 g/mol. The predicted molar refractivity (Wildman–Crippen MR) is 109 cm³/mol. The number of oxime groups is 1. The maximum atomic E-state index is 13.9. The van der Waals surface area contributed by atoms with E-state index >= 15 is 0 Å². The van der Waals surface area contributed by atoms with Crippen LogP contribution in [0, 0.1) is 0 Å². The molecule has 0 spiro atoms. The number of benzene rings is 3. The molecule has 0 amide bonds. The molecule has 0 unspecified atom stereocenters. The molecular weight excluding hydrogens is 357 g/mol. The van der Waals surface area contributed by atoms with Crippen molar-refractivity contribution in [2.45, 2.75) is 12.8 Å². The van der Waals surface area contributed by atoms with Crippen molar-refractivity contribution >= 4 is 23.7 Å². The van der Waals surface area contributed by atoms with Gasteiger partial charge >= 0.3 is 7.37 Å². The van der Waals surface area contributed by atoms with Crippen molar-refractivity contribution in [2.24, 2.45) is 5.16 Å². The van der Waals surface area contributed by atoms with Gasteiger partial charge in [-0.05, 0) is 43.2 Å². The normalized spacial score (nSPS) is 14.8. The third-order valence-corrected chi connectivity index (χ3v) is 7.00. The Morgan fingerprint density at radius 2 is 1.44 bits per heavy atom. The van der Waals surface area contributed by atoms with E-state index in [9.17, 15) is 4.57 Å². The Hall–Kier alpha value is -2.84. The molecule has 3 aromatic rings. The molecule has 0 fully saturated rings. The summed E-state index contributed by atoms with van der Waals surface area (Å²) in [5, 5.41) is 5.62. The summed E-state index contributed by atoms with van der Waals surface area (Å²) in [7, 11) is -1.66. The number of methoxy groups -OCH3 is 1. The molecule has 0 atom stereocenters. The van der Waals surface area contributed by atoms with E-state index in [2.05, 4.69) is 5.16 Å². The van der Waals surface area contributed by atoms with E-state index in [1.54, 1.807) is 7.11 Å². The van der Waals surface area contributed by atoms with Gasteiger partial charge in [0.05, 0.1) is 23.4 Å². The number of hydrogen-bond acceptors (Lipinski definition) is 4. The van der Waals surface area contributed by atoms with Crippen molar-refractivity contribution in [3.63, 3.8) is 0 Å². The molecule has 0 aromatic heterocycles. The molecule has 0 aliphatic heterocycles. The van der Waals surface area contributed by atoms with E-state index in [4.69, 9.17) is 9.36 Å². The largest absolute Gasteiger partial charge is 0.496 e. The second-order valence-corrected chi connectivity index (χ2v) is 8.63. The van der Waals surface area contributed by atoms with Gasteiger partial charge in [-0.2, -0.15) is 0 Å². The number of nitrogens with zero attached hydrogens (tertiary/aromatic N) is 1. The van der Waals surface area contributed by atoms with Gasteiger partial charge in [0.25, 0.3) is 0 Å². The molecule has 136 valence electrons. The number of ether oxygens (including phenoxy) is 1. The topological polar surface area (TPSA) is 47.9 Å². The lowest BCUT2D eigenvalue weighted by molar-refractivity contribution is 0.348. The van der Waals surface area contributed by atoms with Crippen LogP contribution in [-0.2, 0) is 15.6 Å². The lowest BCUT2D eigenvalue weighted by atomic mass is 10.1. The van der Waals surface area contributed by atoms with Crippen LogP contribution in [0.4, 0.5) is 0 Å². The molecule has 3 aromatic carbocycles. The number of hydrogen-bond donors (Lipinski definition) is 0. The van der Waals surface area contributed by atoms with Crippen LogP contribution in [0.2, 0.25) is 0 Å². The Bertz CT molecular complexity index is 973. The lowest BCUT2D eigenvalue weighted by Crippen LogP contribution is -2.17. The Kier molecular flexibility index (Phi) is 4.83. The molecule has 0 bridgehead atoms. The van der Waals surface area contributed by atoms with Gasteiger partial charge in [-0.15, -0.1) is 0 Å². The van der Waals surface area contributed by atoms with E-state index in [0.717, 1.165) is 35.4 Å². The van der Waals surface area contributed by atoms with Gasteiger partial charge in [-0.3, -0.25) is 4.57 Å². The van der Waals surface area contributed by atoms with Crippen LogP contribution in [-0.4, -0.2) is 12.8 Å². The highest BCUT2D eigenvalue weighted by atomic mass is 31.2. The first kappa shape index (κ1) is 17.6. The fourth-order valence-electron chi connectivity index (χ4n) is 3.36. The highest BCUT2D eigenvalue weighted by Crippen LogP contribution is 2.45. The average molecular weight is 377 g/mol. The molecular formula is C22H20NO3P. The highest BCUT2D eigenvalue weighted by Gasteiger charge is 2.31. The van der Waals surface area contributed by atoms with E-state index in [0.29, 0.717) is 10.6 Å². The van der Waals surface area contributed by atoms with Gasteiger partial charge in [0, 0.05) is 11.1 Å². The van der Waals surface area contributed by atoms with Crippen molar-refractivity contribution in [3.8, 4) is 5.75 Å². The summed E-state index contributed by atoms with van der Waals surface area (Å²) in [4.78, 5) is 0. The molecule has 0 N–H and O–H groups in total. The van der Waals surface area contributed by atoms with Gasteiger partial charge < -0.3 is 9.36 Å². The molecule has 1 aliphatic carbocycles. The van der Waals surface area contributed by atoms with Crippen LogP contribution >= 0.6 is 7.37 Å². The van der Waals surface area contributed by atoms with E-state index < -0.39 is 7.37 Å². The fraction of sp³-hybridized carbons (Fsp3) is 0.136. The standard InChI is InChI=1S/C22H20NO3P/c1-25-22-14-8-13-19-20(22)15-16-21(19)23-26-27(24,17-9-4-2-5-10-17)18-11-6-3-7-12-18/h2-14H,15-16H2,1H3. The Labute approximate surface area is 158 Å². The molecule has 27 heavy (non-hydrogen) atoms. The summed E-state index contributed by atoms with van der Waals surface area (Å²) in [6, 6.07) is 24.4. The van der Waals surface area contributed by atoms with Gasteiger partial charge in [0.1, 0.15) is 5.75 Å². The molecule has 1 aliphatic rings. The van der Waals surface area contributed by atoms with Crippen LogP contribution in [0.25, 0.3) is 0 Å². The number of fused-ring (bicyclic) bond motifs is 1. The zero-order valence-electron chi connectivity index (χ0n) is 15.0. The molecule has 0 heterocycles. The Morgan fingerprint density at radius 3 is 2.04 bits per heavy atom. The second-order valence-electron chi connectivity index (χ2n) is 6.33. The third kappa shape index (κ3) is 3.29. The average Bonchev–Trinajstić information content (AvgIpc) is 3.16. The molecule has 0 saturated carbocycles. The minimum absolute atomic E-state index is 0.629. The summed E-state index contributed by atoms with van der Waals surface area (Å²) >= 11 is 0. The number of rotatable bonds is 5. The van der Waals surface area contributed by atoms with Crippen LogP contribution in [0.15, 0.2) is 84.0 Å². The first-order valence-electron chi connectivity index (χ1n) is 8.85. The summed E-state index contributed by atoms with van der Waals surface area (Å²) in [6.45, 7) is 0. The molecule has 4 rings (SSSR count). The van der Waals surface area contributed by atoms with Gasteiger partial charge in [0.2, 0.25) is 0 Å². The lowest BCUT2D eigenvalue weighted by Gasteiger charge is -2.17. The minimum atomic E-state index is -3.33. The zero-order valence-corrected chi connectivity index (χ0v) is 15.9. The van der Waals surface area contributed by atoms with Gasteiger partial charge in [-0.1, -0.05) is 53.7 Å². The quantitative estimate of drug-likeness (QED) is 0.492. The predicted octanol–water partition coefficient (Wildman–Crippen LogP) is 4.29. The molecule has 0 radical (unpaired) electrons. The second kappa shape index (κ2) is 7.42. The molecule has 0 saturated heterocycles.